The van der Waals surface area contributed by atoms with Crippen LogP contribution in [0.3, 0.4) is 0 Å². The van der Waals surface area contributed by atoms with E-state index in [0.717, 1.165) is 16.9 Å². The van der Waals surface area contributed by atoms with E-state index < -0.39 is 0 Å². The molecule has 0 radical (unpaired) electrons. The second-order valence-electron chi connectivity index (χ2n) is 6.39. The monoisotopic (exact) mass is 369 g/mol. The second kappa shape index (κ2) is 9.07. The van der Waals surface area contributed by atoms with Crippen LogP contribution in [0.4, 0.5) is 0 Å². The molecule has 0 atom stereocenters. The number of Topliss-reactive ketones (excluding diaryl/α,β-unsaturated/α-hetero) is 1. The lowest BCUT2D eigenvalue weighted by Gasteiger charge is -2.19. The Balaban J connectivity index is 1.42. The van der Waals surface area contributed by atoms with Gasteiger partial charge in [0.15, 0.2) is 18.1 Å². The standard InChI is InChI=1S/C21H23NO5/c1-15(23)2-3-16-4-7-18(8-5-16)27-14-21(24)22-13-17-6-9-19-20(12-17)26-11-10-25-19/h4-9,12H,2-3,10-11,13-14H2,1H3,(H,22,24). The van der Waals surface area contributed by atoms with Crippen molar-refractivity contribution < 1.29 is 23.8 Å². The first-order valence-electron chi connectivity index (χ1n) is 8.96. The summed E-state index contributed by atoms with van der Waals surface area (Å²) in [6, 6.07) is 13.0. The molecule has 3 rings (SSSR count). The van der Waals surface area contributed by atoms with Gasteiger partial charge < -0.3 is 24.3 Å². The van der Waals surface area contributed by atoms with Gasteiger partial charge in [0, 0.05) is 13.0 Å². The number of fused-ring (bicyclic) bond motifs is 1. The van der Waals surface area contributed by atoms with Crippen molar-refractivity contribution in [2.24, 2.45) is 0 Å². The molecule has 1 aliphatic rings. The largest absolute Gasteiger partial charge is 0.486 e. The van der Waals surface area contributed by atoms with E-state index in [9.17, 15) is 9.59 Å². The number of carbonyl (C=O) groups excluding carboxylic acids is 2. The number of rotatable bonds is 8. The second-order valence-corrected chi connectivity index (χ2v) is 6.39. The van der Waals surface area contributed by atoms with Crippen LogP contribution in [-0.2, 0) is 22.6 Å². The normalized spacial score (nSPS) is 12.3. The van der Waals surface area contributed by atoms with E-state index in [-0.39, 0.29) is 18.3 Å². The van der Waals surface area contributed by atoms with Crippen LogP contribution in [0, 0.1) is 0 Å². The predicted octanol–water partition coefficient (Wildman–Crippen LogP) is 2.67. The maximum atomic E-state index is 12.0. The molecule has 0 bridgehead atoms. The molecule has 0 spiro atoms. The van der Waals surface area contributed by atoms with Crippen molar-refractivity contribution in [3.63, 3.8) is 0 Å². The van der Waals surface area contributed by atoms with Gasteiger partial charge in [0.05, 0.1) is 0 Å². The molecule has 1 aliphatic heterocycles. The van der Waals surface area contributed by atoms with Crippen LogP contribution >= 0.6 is 0 Å². The maximum Gasteiger partial charge on any atom is 0.258 e. The molecule has 142 valence electrons. The zero-order valence-electron chi connectivity index (χ0n) is 15.3. The van der Waals surface area contributed by atoms with Gasteiger partial charge in [0.1, 0.15) is 24.7 Å². The number of hydrogen-bond donors (Lipinski definition) is 1. The molecule has 6 nitrogen and oxygen atoms in total. The average Bonchev–Trinajstić information content (AvgIpc) is 2.69. The van der Waals surface area contributed by atoms with Gasteiger partial charge >= 0.3 is 0 Å². The smallest absolute Gasteiger partial charge is 0.258 e. The number of benzene rings is 2. The van der Waals surface area contributed by atoms with Crippen molar-refractivity contribution in [1.82, 2.24) is 5.32 Å². The summed E-state index contributed by atoms with van der Waals surface area (Å²) in [5, 5.41) is 2.82. The van der Waals surface area contributed by atoms with Crippen molar-refractivity contribution in [3.8, 4) is 17.2 Å². The lowest BCUT2D eigenvalue weighted by molar-refractivity contribution is -0.123. The molecule has 0 fully saturated rings. The number of ether oxygens (including phenoxy) is 3. The van der Waals surface area contributed by atoms with E-state index in [4.69, 9.17) is 14.2 Å². The fourth-order valence-electron chi connectivity index (χ4n) is 2.67. The SMILES string of the molecule is CC(=O)CCc1ccc(OCC(=O)NCc2ccc3c(c2)OCCO3)cc1. The zero-order valence-corrected chi connectivity index (χ0v) is 15.3. The molecular weight excluding hydrogens is 346 g/mol. The fraction of sp³-hybridized carbons (Fsp3) is 0.333. The summed E-state index contributed by atoms with van der Waals surface area (Å²) < 4.78 is 16.5. The number of carbonyl (C=O) groups is 2. The summed E-state index contributed by atoms with van der Waals surface area (Å²) >= 11 is 0. The topological polar surface area (TPSA) is 73.9 Å². The van der Waals surface area contributed by atoms with Crippen molar-refractivity contribution in [2.45, 2.75) is 26.3 Å². The molecule has 1 amide bonds. The van der Waals surface area contributed by atoms with Crippen LogP contribution in [0.2, 0.25) is 0 Å². The molecule has 1 heterocycles. The summed E-state index contributed by atoms with van der Waals surface area (Å²) in [5.74, 6) is 2.02. The highest BCUT2D eigenvalue weighted by atomic mass is 16.6. The lowest BCUT2D eigenvalue weighted by atomic mass is 10.1. The van der Waals surface area contributed by atoms with Crippen LogP contribution in [0.15, 0.2) is 42.5 Å². The van der Waals surface area contributed by atoms with Crippen LogP contribution in [0.5, 0.6) is 17.2 Å². The summed E-state index contributed by atoms with van der Waals surface area (Å²) in [4.78, 5) is 23.0. The highest BCUT2D eigenvalue weighted by molar-refractivity contribution is 5.77. The molecule has 27 heavy (non-hydrogen) atoms. The van der Waals surface area contributed by atoms with Crippen molar-refractivity contribution in [2.75, 3.05) is 19.8 Å². The number of hydrogen-bond acceptors (Lipinski definition) is 5. The molecule has 2 aromatic carbocycles. The molecule has 1 N–H and O–H groups in total. The van der Waals surface area contributed by atoms with Gasteiger partial charge in [-0.05, 0) is 48.7 Å². The van der Waals surface area contributed by atoms with Crippen LogP contribution in [-0.4, -0.2) is 31.5 Å². The van der Waals surface area contributed by atoms with Gasteiger partial charge in [-0.2, -0.15) is 0 Å². The van der Waals surface area contributed by atoms with Gasteiger partial charge in [-0.25, -0.2) is 0 Å². The Morgan fingerprint density at radius 3 is 2.44 bits per heavy atom. The summed E-state index contributed by atoms with van der Waals surface area (Å²) in [6.07, 6.45) is 1.24. The first-order valence-corrected chi connectivity index (χ1v) is 8.96. The molecule has 6 heteroatoms. The first kappa shape index (κ1) is 18.8. The molecular formula is C21H23NO5. The Kier molecular flexibility index (Phi) is 6.30. The molecule has 0 aromatic heterocycles. The highest BCUT2D eigenvalue weighted by Crippen LogP contribution is 2.30. The highest BCUT2D eigenvalue weighted by Gasteiger charge is 2.12. The van der Waals surface area contributed by atoms with Crippen LogP contribution in [0.25, 0.3) is 0 Å². The van der Waals surface area contributed by atoms with Crippen LogP contribution in [0.1, 0.15) is 24.5 Å². The third kappa shape index (κ3) is 5.74. The first-order chi connectivity index (χ1) is 13.1. The lowest BCUT2D eigenvalue weighted by Crippen LogP contribution is -2.28. The van der Waals surface area contributed by atoms with Crippen molar-refractivity contribution >= 4 is 11.7 Å². The van der Waals surface area contributed by atoms with E-state index >= 15 is 0 Å². The predicted molar refractivity (Wildman–Crippen MR) is 100 cm³/mol. The summed E-state index contributed by atoms with van der Waals surface area (Å²) in [5.41, 5.74) is 2.00. The minimum atomic E-state index is -0.203. The van der Waals surface area contributed by atoms with E-state index in [1.807, 2.05) is 42.5 Å². The molecule has 2 aromatic rings. The van der Waals surface area contributed by atoms with Crippen LogP contribution < -0.4 is 19.5 Å². The zero-order chi connectivity index (χ0) is 19.1. The summed E-state index contributed by atoms with van der Waals surface area (Å²) in [7, 11) is 0. The Hall–Kier alpha value is -3.02. The van der Waals surface area contributed by atoms with Crippen molar-refractivity contribution in [1.29, 1.82) is 0 Å². The van der Waals surface area contributed by atoms with Gasteiger partial charge in [0.2, 0.25) is 0 Å². The Morgan fingerprint density at radius 2 is 1.70 bits per heavy atom. The number of aryl methyl sites for hydroxylation is 1. The minimum Gasteiger partial charge on any atom is -0.486 e. The Bertz CT molecular complexity index is 801. The summed E-state index contributed by atoms with van der Waals surface area (Å²) in [6.45, 7) is 3.00. The average molecular weight is 369 g/mol. The van der Waals surface area contributed by atoms with E-state index in [1.54, 1.807) is 6.92 Å². The van der Waals surface area contributed by atoms with Crippen molar-refractivity contribution in [3.05, 3.63) is 53.6 Å². The number of nitrogens with one attached hydrogen (secondary N) is 1. The molecule has 0 unspecified atom stereocenters. The minimum absolute atomic E-state index is 0.0582. The maximum absolute atomic E-state index is 12.0. The van der Waals surface area contributed by atoms with Gasteiger partial charge in [0.25, 0.3) is 5.91 Å². The third-order valence-electron chi connectivity index (χ3n) is 4.16. The van der Waals surface area contributed by atoms with E-state index in [0.29, 0.717) is 44.1 Å². The molecule has 0 saturated carbocycles. The van der Waals surface area contributed by atoms with E-state index in [2.05, 4.69) is 5.32 Å². The molecule has 0 aliphatic carbocycles. The quantitative estimate of drug-likeness (QED) is 0.774. The van der Waals surface area contributed by atoms with E-state index in [1.165, 1.54) is 0 Å². The van der Waals surface area contributed by atoms with Gasteiger partial charge in [-0.15, -0.1) is 0 Å². The third-order valence-corrected chi connectivity index (χ3v) is 4.16. The number of ketones is 1. The Morgan fingerprint density at radius 1 is 1.00 bits per heavy atom. The Labute approximate surface area is 158 Å². The fourth-order valence-corrected chi connectivity index (χ4v) is 2.67. The van der Waals surface area contributed by atoms with Gasteiger partial charge in [-0.3, -0.25) is 4.79 Å². The molecule has 0 saturated heterocycles. The van der Waals surface area contributed by atoms with Gasteiger partial charge in [-0.1, -0.05) is 18.2 Å². The number of amides is 1.